The molecule has 1 unspecified atom stereocenters. The minimum atomic E-state index is -1.00. The Hall–Kier alpha value is -2.80. The Kier molecular flexibility index (Phi) is 5.81. The van der Waals surface area contributed by atoms with Crippen molar-refractivity contribution in [3.63, 3.8) is 0 Å². The summed E-state index contributed by atoms with van der Waals surface area (Å²) < 4.78 is 5.83. The van der Waals surface area contributed by atoms with Crippen molar-refractivity contribution >= 4 is 11.6 Å². The molecule has 2 aromatic rings. The van der Waals surface area contributed by atoms with Crippen molar-refractivity contribution < 1.29 is 9.53 Å². The number of nitriles is 1. The summed E-state index contributed by atoms with van der Waals surface area (Å²) in [5.41, 5.74) is 0.734. The molecule has 1 amide bonds. The molecule has 1 fully saturated rings. The van der Waals surface area contributed by atoms with Crippen molar-refractivity contribution in [2.75, 3.05) is 5.32 Å². The van der Waals surface area contributed by atoms with Crippen LogP contribution in [0.1, 0.15) is 51.0 Å². The Morgan fingerprint density at radius 1 is 1.11 bits per heavy atom. The predicted molar refractivity (Wildman–Crippen MR) is 107 cm³/mol. The third-order valence-electron chi connectivity index (χ3n) is 5.20. The molecule has 27 heavy (non-hydrogen) atoms. The van der Waals surface area contributed by atoms with Gasteiger partial charge in [-0.2, -0.15) is 5.26 Å². The van der Waals surface area contributed by atoms with Crippen LogP contribution in [0.25, 0.3) is 0 Å². The van der Waals surface area contributed by atoms with Gasteiger partial charge in [-0.3, -0.25) is 4.79 Å². The highest BCUT2D eigenvalue weighted by Crippen LogP contribution is 2.37. The topological polar surface area (TPSA) is 62.1 Å². The van der Waals surface area contributed by atoms with Crippen LogP contribution in [0, 0.1) is 17.2 Å². The van der Waals surface area contributed by atoms with Crippen LogP contribution < -0.4 is 10.1 Å². The standard InChI is InChI=1S/C23H26N2O2/c1-23(2,27-20-10-4-3-5-11-20)22(26)25-19-14-12-18(13-15-19)21(16-24)17-8-6-7-9-17/h3-5,10-15,17,21H,6-9H2,1-2H3,(H,25,26). The van der Waals surface area contributed by atoms with Crippen LogP contribution in [0.15, 0.2) is 54.6 Å². The summed E-state index contributed by atoms with van der Waals surface area (Å²) in [6.07, 6.45) is 4.68. The maximum absolute atomic E-state index is 12.6. The Morgan fingerprint density at radius 3 is 2.33 bits per heavy atom. The Balaban J connectivity index is 1.65. The average molecular weight is 362 g/mol. The minimum Gasteiger partial charge on any atom is -0.478 e. The number of para-hydroxylation sites is 1. The van der Waals surface area contributed by atoms with Crippen LogP contribution in [0.5, 0.6) is 5.75 Å². The molecule has 0 aromatic heterocycles. The van der Waals surface area contributed by atoms with E-state index >= 15 is 0 Å². The average Bonchev–Trinajstić information content (AvgIpc) is 3.18. The van der Waals surface area contributed by atoms with Gasteiger partial charge in [0.05, 0.1) is 12.0 Å². The molecule has 0 aliphatic heterocycles. The number of amides is 1. The van der Waals surface area contributed by atoms with Crippen LogP contribution in [-0.2, 0) is 4.79 Å². The summed E-state index contributed by atoms with van der Waals surface area (Å²) in [6.45, 7) is 3.49. The van der Waals surface area contributed by atoms with E-state index in [1.807, 2.05) is 54.6 Å². The van der Waals surface area contributed by atoms with E-state index in [2.05, 4.69) is 11.4 Å². The fourth-order valence-electron chi connectivity index (χ4n) is 3.63. The highest BCUT2D eigenvalue weighted by Gasteiger charge is 2.30. The summed E-state index contributed by atoms with van der Waals surface area (Å²) in [5.74, 6) is 0.830. The van der Waals surface area contributed by atoms with Gasteiger partial charge in [0.15, 0.2) is 5.60 Å². The third-order valence-corrected chi connectivity index (χ3v) is 5.20. The second kappa shape index (κ2) is 8.26. The number of hydrogen-bond donors (Lipinski definition) is 1. The Morgan fingerprint density at radius 2 is 1.74 bits per heavy atom. The molecule has 2 aromatic carbocycles. The number of ether oxygens (including phenoxy) is 1. The number of carbonyl (C=O) groups excluding carboxylic acids is 1. The van der Waals surface area contributed by atoms with Crippen molar-refractivity contribution in [1.29, 1.82) is 5.26 Å². The second-order valence-corrected chi connectivity index (χ2v) is 7.65. The molecule has 4 heteroatoms. The summed E-state index contributed by atoms with van der Waals surface area (Å²) in [5, 5.41) is 12.5. The van der Waals surface area contributed by atoms with Gasteiger partial charge in [0.25, 0.3) is 5.91 Å². The minimum absolute atomic E-state index is 0.0601. The van der Waals surface area contributed by atoms with E-state index in [-0.39, 0.29) is 11.8 Å². The molecule has 0 heterocycles. The third kappa shape index (κ3) is 4.68. The van der Waals surface area contributed by atoms with Gasteiger partial charge >= 0.3 is 0 Å². The van der Waals surface area contributed by atoms with Gasteiger partial charge in [0.2, 0.25) is 0 Å². The second-order valence-electron chi connectivity index (χ2n) is 7.65. The Labute approximate surface area is 161 Å². The first-order valence-corrected chi connectivity index (χ1v) is 9.55. The molecule has 1 aliphatic rings. The van der Waals surface area contributed by atoms with E-state index in [1.54, 1.807) is 13.8 Å². The van der Waals surface area contributed by atoms with E-state index in [9.17, 15) is 10.1 Å². The van der Waals surface area contributed by atoms with Gasteiger partial charge < -0.3 is 10.1 Å². The number of benzene rings is 2. The smallest absolute Gasteiger partial charge is 0.267 e. The first kappa shape index (κ1) is 19.0. The molecule has 1 atom stereocenters. The van der Waals surface area contributed by atoms with Crippen molar-refractivity contribution in [3.05, 3.63) is 60.2 Å². The SMILES string of the molecule is CC(C)(Oc1ccccc1)C(=O)Nc1ccc(C(C#N)C2CCCC2)cc1. The molecule has 1 saturated carbocycles. The molecular formula is C23H26N2O2. The summed E-state index contributed by atoms with van der Waals surface area (Å²) in [4.78, 5) is 12.6. The molecule has 1 aliphatic carbocycles. The van der Waals surface area contributed by atoms with Gasteiger partial charge in [0, 0.05) is 5.69 Å². The molecule has 3 rings (SSSR count). The number of nitrogens with one attached hydrogen (secondary N) is 1. The molecule has 0 radical (unpaired) electrons. The van der Waals surface area contributed by atoms with Gasteiger partial charge in [-0.25, -0.2) is 0 Å². The Bertz CT molecular complexity index is 801. The van der Waals surface area contributed by atoms with E-state index < -0.39 is 5.60 Å². The molecular weight excluding hydrogens is 336 g/mol. The lowest BCUT2D eigenvalue weighted by Crippen LogP contribution is -2.42. The monoisotopic (exact) mass is 362 g/mol. The van der Waals surface area contributed by atoms with Crippen LogP contribution in [0.4, 0.5) is 5.69 Å². The van der Waals surface area contributed by atoms with E-state index in [4.69, 9.17) is 4.74 Å². The first-order valence-electron chi connectivity index (χ1n) is 9.55. The molecule has 140 valence electrons. The zero-order valence-electron chi connectivity index (χ0n) is 15.9. The van der Waals surface area contributed by atoms with E-state index in [0.717, 1.165) is 18.4 Å². The molecule has 0 spiro atoms. The van der Waals surface area contributed by atoms with Crippen LogP contribution in [0.3, 0.4) is 0 Å². The van der Waals surface area contributed by atoms with Crippen molar-refractivity contribution in [2.24, 2.45) is 5.92 Å². The first-order chi connectivity index (χ1) is 13.0. The van der Waals surface area contributed by atoms with E-state index in [1.165, 1.54) is 12.8 Å². The summed E-state index contributed by atoms with van der Waals surface area (Å²) in [6, 6.07) is 19.4. The van der Waals surface area contributed by atoms with Gasteiger partial charge in [-0.15, -0.1) is 0 Å². The number of rotatable bonds is 6. The van der Waals surface area contributed by atoms with Gasteiger partial charge in [0.1, 0.15) is 5.75 Å². The lowest BCUT2D eigenvalue weighted by molar-refractivity contribution is -0.128. The van der Waals surface area contributed by atoms with Crippen LogP contribution >= 0.6 is 0 Å². The van der Waals surface area contributed by atoms with Gasteiger partial charge in [-0.1, -0.05) is 43.2 Å². The summed E-state index contributed by atoms with van der Waals surface area (Å²) in [7, 11) is 0. The highest BCUT2D eigenvalue weighted by atomic mass is 16.5. The molecule has 0 bridgehead atoms. The zero-order valence-corrected chi connectivity index (χ0v) is 15.9. The quantitative estimate of drug-likeness (QED) is 0.760. The van der Waals surface area contributed by atoms with Crippen molar-refractivity contribution in [3.8, 4) is 11.8 Å². The maximum atomic E-state index is 12.6. The largest absolute Gasteiger partial charge is 0.478 e. The fourth-order valence-corrected chi connectivity index (χ4v) is 3.63. The zero-order chi connectivity index (χ0) is 19.3. The van der Waals surface area contributed by atoms with Gasteiger partial charge in [-0.05, 0) is 62.4 Å². The lowest BCUT2D eigenvalue weighted by atomic mass is 9.86. The molecule has 0 saturated heterocycles. The van der Waals surface area contributed by atoms with Crippen molar-refractivity contribution in [2.45, 2.75) is 51.0 Å². The van der Waals surface area contributed by atoms with Crippen molar-refractivity contribution in [1.82, 2.24) is 0 Å². The fraction of sp³-hybridized carbons (Fsp3) is 0.391. The highest BCUT2D eigenvalue weighted by molar-refractivity contribution is 5.97. The lowest BCUT2D eigenvalue weighted by Gasteiger charge is -2.25. The predicted octanol–water partition coefficient (Wildman–Crippen LogP) is 5.28. The molecule has 1 N–H and O–H groups in total. The van der Waals surface area contributed by atoms with Crippen LogP contribution in [-0.4, -0.2) is 11.5 Å². The van der Waals surface area contributed by atoms with E-state index in [0.29, 0.717) is 17.4 Å². The maximum Gasteiger partial charge on any atom is 0.267 e. The number of carbonyl (C=O) groups is 1. The summed E-state index contributed by atoms with van der Waals surface area (Å²) >= 11 is 0. The number of anilines is 1. The molecule has 4 nitrogen and oxygen atoms in total. The number of hydrogen-bond acceptors (Lipinski definition) is 3. The normalized spacial score (nSPS) is 15.7. The number of nitrogens with zero attached hydrogens (tertiary/aromatic N) is 1. The van der Waals surface area contributed by atoms with Crippen LogP contribution in [0.2, 0.25) is 0 Å².